The van der Waals surface area contributed by atoms with Crippen LogP contribution in [0.1, 0.15) is 12.0 Å². The zero-order valence-corrected chi connectivity index (χ0v) is 10.9. The van der Waals surface area contributed by atoms with Gasteiger partial charge in [-0.1, -0.05) is 12.1 Å². The van der Waals surface area contributed by atoms with Crippen LogP contribution >= 0.6 is 0 Å². The SMILES string of the molecule is O=C(O)CCNC(=O)Cc1cccc(OCC(F)(F)F)c1. The molecule has 0 saturated carbocycles. The van der Waals surface area contributed by atoms with E-state index >= 15 is 0 Å². The molecule has 5 nitrogen and oxygen atoms in total. The van der Waals surface area contributed by atoms with Crippen molar-refractivity contribution in [1.29, 1.82) is 0 Å². The fourth-order valence-electron chi connectivity index (χ4n) is 1.47. The van der Waals surface area contributed by atoms with Gasteiger partial charge in [0.2, 0.25) is 5.91 Å². The monoisotopic (exact) mass is 305 g/mol. The highest BCUT2D eigenvalue weighted by atomic mass is 19.4. The highest BCUT2D eigenvalue weighted by molar-refractivity contribution is 5.79. The van der Waals surface area contributed by atoms with Crippen LogP contribution < -0.4 is 10.1 Å². The number of halogens is 3. The van der Waals surface area contributed by atoms with Gasteiger partial charge in [-0.15, -0.1) is 0 Å². The summed E-state index contributed by atoms with van der Waals surface area (Å²) in [7, 11) is 0. The molecule has 8 heteroatoms. The Morgan fingerprint density at radius 3 is 2.62 bits per heavy atom. The fourth-order valence-corrected chi connectivity index (χ4v) is 1.47. The maximum atomic E-state index is 12.0. The molecule has 116 valence electrons. The number of ether oxygens (including phenoxy) is 1. The second-order valence-corrected chi connectivity index (χ2v) is 4.22. The number of benzene rings is 1. The molecule has 0 aliphatic carbocycles. The van der Waals surface area contributed by atoms with Gasteiger partial charge in [0.25, 0.3) is 0 Å². The van der Waals surface area contributed by atoms with Crippen molar-refractivity contribution in [3.05, 3.63) is 29.8 Å². The van der Waals surface area contributed by atoms with Crippen LogP contribution in [0.15, 0.2) is 24.3 Å². The molecule has 1 aromatic carbocycles. The predicted octanol–water partition coefficient (Wildman–Crippen LogP) is 1.76. The molecule has 0 unspecified atom stereocenters. The van der Waals surface area contributed by atoms with Crippen molar-refractivity contribution >= 4 is 11.9 Å². The fraction of sp³-hybridized carbons (Fsp3) is 0.385. The number of carbonyl (C=O) groups excluding carboxylic acids is 1. The van der Waals surface area contributed by atoms with Gasteiger partial charge in [0.05, 0.1) is 12.8 Å². The number of carbonyl (C=O) groups is 2. The Morgan fingerprint density at radius 2 is 2.00 bits per heavy atom. The van der Waals surface area contributed by atoms with Crippen molar-refractivity contribution in [2.75, 3.05) is 13.2 Å². The van der Waals surface area contributed by atoms with Crippen molar-refractivity contribution in [3.8, 4) is 5.75 Å². The standard InChI is InChI=1S/C13H14F3NO4/c14-13(15,16)8-21-10-3-1-2-9(6-10)7-11(18)17-5-4-12(19)20/h1-3,6H,4-5,7-8H2,(H,17,18)(H,19,20). The maximum absolute atomic E-state index is 12.0. The summed E-state index contributed by atoms with van der Waals surface area (Å²) in [6.45, 7) is -1.40. The Bertz CT molecular complexity index is 502. The van der Waals surface area contributed by atoms with Crippen LogP contribution in [-0.2, 0) is 16.0 Å². The van der Waals surface area contributed by atoms with E-state index in [9.17, 15) is 22.8 Å². The third-order valence-electron chi connectivity index (χ3n) is 2.33. The maximum Gasteiger partial charge on any atom is 0.422 e. The molecule has 1 amide bonds. The number of aliphatic carboxylic acids is 1. The molecule has 0 saturated heterocycles. The second-order valence-electron chi connectivity index (χ2n) is 4.22. The quantitative estimate of drug-likeness (QED) is 0.805. The lowest BCUT2D eigenvalue weighted by molar-refractivity contribution is -0.153. The van der Waals surface area contributed by atoms with Crippen LogP contribution in [0.4, 0.5) is 13.2 Å². The van der Waals surface area contributed by atoms with Gasteiger partial charge in [-0.2, -0.15) is 13.2 Å². The van der Waals surface area contributed by atoms with Crippen molar-refractivity contribution in [2.24, 2.45) is 0 Å². The summed E-state index contributed by atoms with van der Waals surface area (Å²) in [4.78, 5) is 21.8. The molecule has 0 radical (unpaired) electrons. The van der Waals surface area contributed by atoms with Crippen molar-refractivity contribution in [2.45, 2.75) is 19.0 Å². The third-order valence-corrected chi connectivity index (χ3v) is 2.33. The Labute approximate surface area is 118 Å². The van der Waals surface area contributed by atoms with Gasteiger partial charge in [0.1, 0.15) is 5.75 Å². The number of amides is 1. The molecular formula is C13H14F3NO4. The molecule has 0 spiro atoms. The number of carboxylic acid groups (broad SMARTS) is 1. The molecule has 0 aromatic heterocycles. The van der Waals surface area contributed by atoms with E-state index in [0.29, 0.717) is 5.56 Å². The average Bonchev–Trinajstić information content (AvgIpc) is 2.35. The first-order chi connectivity index (χ1) is 9.76. The Morgan fingerprint density at radius 1 is 1.29 bits per heavy atom. The van der Waals surface area contributed by atoms with Gasteiger partial charge in [-0.05, 0) is 17.7 Å². The van der Waals surface area contributed by atoms with Gasteiger partial charge < -0.3 is 15.2 Å². The zero-order valence-electron chi connectivity index (χ0n) is 10.9. The summed E-state index contributed by atoms with van der Waals surface area (Å²) in [6, 6.07) is 5.74. The van der Waals surface area contributed by atoms with Gasteiger partial charge in [0.15, 0.2) is 6.61 Å². The zero-order chi connectivity index (χ0) is 15.9. The minimum absolute atomic E-state index is 0.00156. The Kier molecular flexibility index (Phi) is 6.01. The topological polar surface area (TPSA) is 75.6 Å². The van der Waals surface area contributed by atoms with Crippen LogP contribution in [0.5, 0.6) is 5.75 Å². The minimum Gasteiger partial charge on any atom is -0.484 e. The van der Waals surface area contributed by atoms with Crippen LogP contribution in [-0.4, -0.2) is 36.3 Å². The van der Waals surface area contributed by atoms with Crippen molar-refractivity contribution in [3.63, 3.8) is 0 Å². The normalized spacial score (nSPS) is 11.0. The highest BCUT2D eigenvalue weighted by Gasteiger charge is 2.28. The number of nitrogens with one attached hydrogen (secondary N) is 1. The van der Waals surface area contributed by atoms with Gasteiger partial charge in [0, 0.05) is 6.54 Å². The lowest BCUT2D eigenvalue weighted by atomic mass is 10.1. The van der Waals surface area contributed by atoms with Crippen LogP contribution in [0, 0.1) is 0 Å². The molecule has 21 heavy (non-hydrogen) atoms. The molecule has 0 aliphatic heterocycles. The molecule has 2 N–H and O–H groups in total. The van der Waals surface area contributed by atoms with Crippen LogP contribution in [0.3, 0.4) is 0 Å². The van der Waals surface area contributed by atoms with E-state index in [-0.39, 0.29) is 25.1 Å². The van der Waals surface area contributed by atoms with Gasteiger partial charge in [-0.3, -0.25) is 9.59 Å². The molecule has 0 bridgehead atoms. The lowest BCUT2D eigenvalue weighted by Crippen LogP contribution is -2.27. The van der Waals surface area contributed by atoms with E-state index < -0.39 is 24.7 Å². The summed E-state index contributed by atoms with van der Waals surface area (Å²) in [5, 5.41) is 10.8. The van der Waals surface area contributed by atoms with E-state index in [1.165, 1.54) is 18.2 Å². The van der Waals surface area contributed by atoms with E-state index in [1.54, 1.807) is 6.07 Å². The summed E-state index contributed by atoms with van der Waals surface area (Å²) in [5.41, 5.74) is 0.475. The lowest BCUT2D eigenvalue weighted by Gasteiger charge is -2.10. The van der Waals surface area contributed by atoms with Gasteiger partial charge in [-0.25, -0.2) is 0 Å². The average molecular weight is 305 g/mol. The largest absolute Gasteiger partial charge is 0.484 e. The van der Waals surface area contributed by atoms with Crippen LogP contribution in [0.2, 0.25) is 0 Å². The molecule has 0 fully saturated rings. The summed E-state index contributed by atoms with van der Waals surface area (Å²) in [5.74, 6) is -1.43. The molecule has 0 aliphatic rings. The summed E-state index contributed by atoms with van der Waals surface area (Å²) >= 11 is 0. The smallest absolute Gasteiger partial charge is 0.422 e. The summed E-state index contributed by atoms with van der Waals surface area (Å²) < 4.78 is 40.6. The van der Waals surface area contributed by atoms with E-state index in [1.807, 2.05) is 0 Å². The first-order valence-corrected chi connectivity index (χ1v) is 6.03. The number of hydrogen-bond donors (Lipinski definition) is 2. The highest BCUT2D eigenvalue weighted by Crippen LogP contribution is 2.19. The molecule has 1 aromatic rings. The number of alkyl halides is 3. The van der Waals surface area contributed by atoms with E-state index in [2.05, 4.69) is 10.1 Å². The molecule has 0 atom stereocenters. The molecular weight excluding hydrogens is 291 g/mol. The van der Waals surface area contributed by atoms with Crippen molar-refractivity contribution < 1.29 is 32.6 Å². The molecule has 0 heterocycles. The first-order valence-electron chi connectivity index (χ1n) is 6.03. The first kappa shape index (κ1) is 16.8. The number of carboxylic acids is 1. The number of rotatable bonds is 7. The Hall–Kier alpha value is -2.25. The predicted molar refractivity (Wildman–Crippen MR) is 67.0 cm³/mol. The van der Waals surface area contributed by atoms with E-state index in [4.69, 9.17) is 5.11 Å². The van der Waals surface area contributed by atoms with Crippen molar-refractivity contribution in [1.82, 2.24) is 5.32 Å². The Balaban J connectivity index is 2.48. The number of hydrogen-bond acceptors (Lipinski definition) is 3. The summed E-state index contributed by atoms with van der Waals surface area (Å²) in [6.07, 6.45) is -4.69. The minimum atomic E-state index is -4.43. The molecule has 1 rings (SSSR count). The van der Waals surface area contributed by atoms with Gasteiger partial charge >= 0.3 is 12.1 Å². The second kappa shape index (κ2) is 7.51. The van der Waals surface area contributed by atoms with Crippen LogP contribution in [0.25, 0.3) is 0 Å². The van der Waals surface area contributed by atoms with E-state index in [0.717, 1.165) is 0 Å². The third kappa shape index (κ3) is 7.81.